The SMILES string of the molecule is CCN(C(=O)Cn1nc(-c2ccc(Cl)cc2)ccc1=O)c1ccccc1C. The van der Waals surface area contributed by atoms with E-state index in [4.69, 9.17) is 11.6 Å². The molecule has 3 rings (SSSR count). The van der Waals surface area contributed by atoms with Gasteiger partial charge in [-0.25, -0.2) is 4.68 Å². The molecule has 2 aromatic carbocycles. The number of nitrogens with zero attached hydrogens (tertiary/aromatic N) is 3. The molecule has 0 unspecified atom stereocenters. The van der Waals surface area contributed by atoms with Crippen LogP contribution in [0, 0.1) is 6.92 Å². The van der Waals surface area contributed by atoms with E-state index in [1.54, 1.807) is 23.1 Å². The summed E-state index contributed by atoms with van der Waals surface area (Å²) in [5.41, 5.74) is 2.96. The molecule has 5 nitrogen and oxygen atoms in total. The third kappa shape index (κ3) is 4.26. The number of carbonyl (C=O) groups excluding carboxylic acids is 1. The minimum Gasteiger partial charge on any atom is -0.311 e. The first-order chi connectivity index (χ1) is 13.0. The largest absolute Gasteiger partial charge is 0.311 e. The Labute approximate surface area is 162 Å². The summed E-state index contributed by atoms with van der Waals surface area (Å²) in [7, 11) is 0. The fourth-order valence-corrected chi connectivity index (χ4v) is 3.02. The van der Waals surface area contributed by atoms with E-state index in [-0.39, 0.29) is 18.0 Å². The van der Waals surface area contributed by atoms with Crippen LogP contribution in [0.15, 0.2) is 65.5 Å². The monoisotopic (exact) mass is 381 g/mol. The van der Waals surface area contributed by atoms with E-state index in [0.717, 1.165) is 16.8 Å². The summed E-state index contributed by atoms with van der Waals surface area (Å²) < 4.78 is 1.20. The highest BCUT2D eigenvalue weighted by molar-refractivity contribution is 6.30. The number of likely N-dealkylation sites (N-methyl/N-ethyl adjacent to an activating group) is 1. The molecule has 1 aromatic heterocycles. The van der Waals surface area contributed by atoms with Gasteiger partial charge in [-0.15, -0.1) is 0 Å². The Hall–Kier alpha value is -2.92. The average molecular weight is 382 g/mol. The third-order valence-electron chi connectivity index (χ3n) is 4.32. The summed E-state index contributed by atoms with van der Waals surface area (Å²) in [5.74, 6) is -0.186. The van der Waals surface area contributed by atoms with Gasteiger partial charge in [-0.1, -0.05) is 41.9 Å². The van der Waals surface area contributed by atoms with E-state index in [9.17, 15) is 9.59 Å². The first-order valence-corrected chi connectivity index (χ1v) is 9.07. The van der Waals surface area contributed by atoms with E-state index in [0.29, 0.717) is 17.3 Å². The van der Waals surface area contributed by atoms with Crippen LogP contribution in [0.5, 0.6) is 0 Å². The number of hydrogen-bond acceptors (Lipinski definition) is 3. The quantitative estimate of drug-likeness (QED) is 0.673. The molecule has 0 saturated heterocycles. The van der Waals surface area contributed by atoms with Crippen LogP contribution in [0.25, 0.3) is 11.3 Å². The smallest absolute Gasteiger partial charge is 0.267 e. The predicted octanol–water partition coefficient (Wildman–Crippen LogP) is 3.93. The van der Waals surface area contributed by atoms with Gasteiger partial charge in [0.25, 0.3) is 5.56 Å². The van der Waals surface area contributed by atoms with Crippen molar-refractivity contribution in [3.8, 4) is 11.3 Å². The lowest BCUT2D eigenvalue weighted by Crippen LogP contribution is -2.37. The van der Waals surface area contributed by atoms with E-state index in [1.807, 2.05) is 50.2 Å². The number of halogens is 1. The Morgan fingerprint density at radius 2 is 1.78 bits per heavy atom. The second kappa shape index (κ2) is 8.18. The summed E-state index contributed by atoms with van der Waals surface area (Å²) in [4.78, 5) is 26.7. The zero-order valence-electron chi connectivity index (χ0n) is 15.2. The van der Waals surface area contributed by atoms with Gasteiger partial charge in [-0.2, -0.15) is 5.10 Å². The fraction of sp³-hybridized carbons (Fsp3) is 0.190. The van der Waals surface area contributed by atoms with Crippen LogP contribution in [-0.4, -0.2) is 22.2 Å². The number of hydrogen-bond donors (Lipinski definition) is 0. The molecule has 3 aromatic rings. The topological polar surface area (TPSA) is 55.2 Å². The molecule has 0 atom stereocenters. The average Bonchev–Trinajstić information content (AvgIpc) is 2.66. The first-order valence-electron chi connectivity index (χ1n) is 8.69. The van der Waals surface area contributed by atoms with Gasteiger partial charge < -0.3 is 4.90 Å². The van der Waals surface area contributed by atoms with Gasteiger partial charge in [0, 0.05) is 28.9 Å². The normalized spacial score (nSPS) is 10.6. The van der Waals surface area contributed by atoms with Crippen molar-refractivity contribution in [3.63, 3.8) is 0 Å². The Morgan fingerprint density at radius 1 is 1.07 bits per heavy atom. The molecule has 0 fully saturated rings. The van der Waals surface area contributed by atoms with Crippen LogP contribution in [-0.2, 0) is 11.3 Å². The van der Waals surface area contributed by atoms with Crippen molar-refractivity contribution in [2.45, 2.75) is 20.4 Å². The molecule has 0 aliphatic heterocycles. The molecule has 1 heterocycles. The maximum atomic E-state index is 12.8. The number of aryl methyl sites for hydroxylation is 1. The van der Waals surface area contributed by atoms with E-state index in [2.05, 4.69) is 5.10 Å². The van der Waals surface area contributed by atoms with Crippen LogP contribution in [0.2, 0.25) is 5.02 Å². The second-order valence-corrected chi connectivity index (χ2v) is 6.58. The summed E-state index contributed by atoms with van der Waals surface area (Å²) in [6.45, 7) is 4.25. The standard InChI is InChI=1S/C21H20ClN3O2/c1-3-24(19-7-5-4-6-15(19)2)21(27)14-25-20(26)13-12-18(23-25)16-8-10-17(22)11-9-16/h4-13H,3,14H2,1-2H3. The number of benzene rings is 2. The number of para-hydroxylation sites is 1. The fourth-order valence-electron chi connectivity index (χ4n) is 2.90. The van der Waals surface area contributed by atoms with E-state index in [1.165, 1.54) is 10.7 Å². The van der Waals surface area contributed by atoms with Crippen LogP contribution in [0.1, 0.15) is 12.5 Å². The molecule has 27 heavy (non-hydrogen) atoms. The summed E-state index contributed by atoms with van der Waals surface area (Å²) in [6.07, 6.45) is 0. The van der Waals surface area contributed by atoms with Gasteiger partial charge in [0.2, 0.25) is 5.91 Å². The van der Waals surface area contributed by atoms with Crippen LogP contribution in [0.3, 0.4) is 0 Å². The number of anilines is 1. The van der Waals surface area contributed by atoms with Crippen LogP contribution in [0.4, 0.5) is 5.69 Å². The molecule has 138 valence electrons. The lowest BCUT2D eigenvalue weighted by molar-refractivity contribution is -0.119. The van der Waals surface area contributed by atoms with Crippen molar-refractivity contribution >= 4 is 23.2 Å². The highest BCUT2D eigenvalue weighted by Crippen LogP contribution is 2.20. The van der Waals surface area contributed by atoms with Gasteiger partial charge in [0.05, 0.1) is 5.69 Å². The van der Waals surface area contributed by atoms with E-state index < -0.39 is 0 Å². The zero-order chi connectivity index (χ0) is 19.4. The van der Waals surface area contributed by atoms with Crippen molar-refractivity contribution in [1.82, 2.24) is 9.78 Å². The third-order valence-corrected chi connectivity index (χ3v) is 4.57. The number of rotatable bonds is 5. The molecule has 6 heteroatoms. The highest BCUT2D eigenvalue weighted by Gasteiger charge is 2.17. The maximum Gasteiger partial charge on any atom is 0.267 e. The minimum atomic E-state index is -0.318. The molecule has 0 bridgehead atoms. The molecule has 0 saturated carbocycles. The minimum absolute atomic E-state index is 0.123. The van der Waals surface area contributed by atoms with Crippen molar-refractivity contribution in [2.24, 2.45) is 0 Å². The lowest BCUT2D eigenvalue weighted by Gasteiger charge is -2.23. The maximum absolute atomic E-state index is 12.8. The molecule has 1 amide bonds. The molecule has 0 aliphatic carbocycles. The van der Waals surface area contributed by atoms with Crippen molar-refractivity contribution in [2.75, 3.05) is 11.4 Å². The Bertz CT molecular complexity index is 1010. The van der Waals surface area contributed by atoms with Crippen molar-refractivity contribution in [3.05, 3.63) is 81.6 Å². The highest BCUT2D eigenvalue weighted by atomic mass is 35.5. The van der Waals surface area contributed by atoms with Gasteiger partial charge >= 0.3 is 0 Å². The summed E-state index contributed by atoms with van der Waals surface area (Å²) >= 11 is 5.92. The molecule has 0 radical (unpaired) electrons. The number of aromatic nitrogens is 2. The van der Waals surface area contributed by atoms with Crippen molar-refractivity contribution in [1.29, 1.82) is 0 Å². The van der Waals surface area contributed by atoms with Gasteiger partial charge in [0.1, 0.15) is 6.54 Å². The molecular formula is C21H20ClN3O2. The van der Waals surface area contributed by atoms with Gasteiger partial charge in [-0.05, 0) is 43.7 Å². The Kier molecular flexibility index (Phi) is 5.72. The molecule has 0 aliphatic rings. The lowest BCUT2D eigenvalue weighted by atomic mass is 10.1. The molecular weight excluding hydrogens is 362 g/mol. The number of amides is 1. The van der Waals surface area contributed by atoms with Crippen molar-refractivity contribution < 1.29 is 4.79 Å². The van der Waals surface area contributed by atoms with Crippen LogP contribution >= 0.6 is 11.6 Å². The zero-order valence-corrected chi connectivity index (χ0v) is 16.0. The predicted molar refractivity (Wildman–Crippen MR) is 108 cm³/mol. The van der Waals surface area contributed by atoms with Gasteiger partial charge in [-0.3, -0.25) is 9.59 Å². The summed E-state index contributed by atoms with van der Waals surface area (Å²) in [6, 6.07) is 17.9. The Balaban J connectivity index is 1.89. The van der Waals surface area contributed by atoms with Gasteiger partial charge in [0.15, 0.2) is 0 Å². The Morgan fingerprint density at radius 3 is 2.44 bits per heavy atom. The molecule has 0 N–H and O–H groups in total. The van der Waals surface area contributed by atoms with Crippen LogP contribution < -0.4 is 10.5 Å². The van der Waals surface area contributed by atoms with E-state index >= 15 is 0 Å². The number of carbonyl (C=O) groups is 1. The summed E-state index contributed by atoms with van der Waals surface area (Å²) in [5, 5.41) is 4.98. The first kappa shape index (κ1) is 18.9. The molecule has 0 spiro atoms. The second-order valence-electron chi connectivity index (χ2n) is 6.15.